The first-order valence-electron chi connectivity index (χ1n) is 10.7. The van der Waals surface area contributed by atoms with Gasteiger partial charge in [-0.15, -0.1) is 0 Å². The number of halogens is 1. The number of nitrogens with zero attached hydrogens (tertiary/aromatic N) is 1. The molecule has 13 heteroatoms. The monoisotopic (exact) mass is 576 g/mol. The van der Waals surface area contributed by atoms with Gasteiger partial charge < -0.3 is 34.7 Å². The summed E-state index contributed by atoms with van der Waals surface area (Å²) < 4.78 is 21.5. The zero-order chi connectivity index (χ0) is 27.1. The van der Waals surface area contributed by atoms with Gasteiger partial charge in [-0.1, -0.05) is 22.0 Å². The second-order valence-corrected chi connectivity index (χ2v) is 8.52. The van der Waals surface area contributed by atoms with Crippen molar-refractivity contribution in [3.05, 3.63) is 57.2 Å². The molecular weight excluding hydrogens is 552 g/mol. The van der Waals surface area contributed by atoms with Crippen molar-refractivity contribution < 1.29 is 38.4 Å². The maximum Gasteiger partial charge on any atom is 0.337 e. The van der Waals surface area contributed by atoms with E-state index in [2.05, 4.69) is 37.1 Å². The predicted octanol–water partition coefficient (Wildman–Crippen LogP) is 2.50. The lowest BCUT2D eigenvalue weighted by molar-refractivity contribution is -0.136. The lowest BCUT2D eigenvalue weighted by Gasteiger charge is -2.28. The Kier molecular flexibility index (Phi) is 8.95. The van der Waals surface area contributed by atoms with Crippen molar-refractivity contribution in [2.45, 2.75) is 13.0 Å². The highest BCUT2D eigenvalue weighted by Crippen LogP contribution is 2.35. The minimum atomic E-state index is -0.783. The predicted molar refractivity (Wildman–Crippen MR) is 136 cm³/mol. The van der Waals surface area contributed by atoms with Gasteiger partial charge in [-0.05, 0) is 36.8 Å². The van der Waals surface area contributed by atoms with Crippen LogP contribution in [0.5, 0.6) is 23.0 Å². The molecule has 1 aliphatic heterocycles. The molecule has 3 rings (SSSR count). The third-order valence-electron chi connectivity index (χ3n) is 5.24. The van der Waals surface area contributed by atoms with Gasteiger partial charge in [0.2, 0.25) is 0 Å². The summed E-state index contributed by atoms with van der Waals surface area (Å²) in [6.45, 7) is 1.21. The number of methoxy groups -OCH3 is 3. The number of urea groups is 1. The highest BCUT2D eigenvalue weighted by Gasteiger charge is 2.32. The quantitative estimate of drug-likeness (QED) is 0.201. The fourth-order valence-electron chi connectivity index (χ4n) is 3.51. The number of aromatic hydroxyl groups is 1. The van der Waals surface area contributed by atoms with Crippen LogP contribution in [0.1, 0.15) is 24.1 Å². The molecule has 0 spiro atoms. The average molecular weight is 577 g/mol. The summed E-state index contributed by atoms with van der Waals surface area (Å²) in [4.78, 5) is 36.5. The van der Waals surface area contributed by atoms with E-state index < -0.39 is 30.6 Å². The van der Waals surface area contributed by atoms with Gasteiger partial charge in [0.15, 0.2) is 29.6 Å². The molecule has 37 heavy (non-hydrogen) atoms. The molecule has 1 heterocycles. The number of hydrogen-bond acceptors (Lipinski definition) is 9. The van der Waals surface area contributed by atoms with E-state index in [1.807, 2.05) is 0 Å². The minimum Gasteiger partial charge on any atom is -0.504 e. The van der Waals surface area contributed by atoms with Crippen LogP contribution in [-0.4, -0.2) is 57.2 Å². The fourth-order valence-corrected chi connectivity index (χ4v) is 3.96. The molecule has 0 aromatic heterocycles. The Labute approximate surface area is 220 Å². The van der Waals surface area contributed by atoms with E-state index in [4.69, 9.17) is 18.9 Å². The molecule has 0 unspecified atom stereocenters. The summed E-state index contributed by atoms with van der Waals surface area (Å²) in [6.07, 6.45) is 1.26. The first-order valence-corrected chi connectivity index (χ1v) is 11.5. The van der Waals surface area contributed by atoms with Gasteiger partial charge in [0, 0.05) is 15.7 Å². The summed E-state index contributed by atoms with van der Waals surface area (Å²) in [6, 6.07) is 6.70. The van der Waals surface area contributed by atoms with E-state index in [0.717, 1.165) is 0 Å². The van der Waals surface area contributed by atoms with Crippen molar-refractivity contribution in [1.29, 1.82) is 0 Å². The Balaban J connectivity index is 1.69. The summed E-state index contributed by atoms with van der Waals surface area (Å²) in [7, 11) is 4.08. The Morgan fingerprint density at radius 1 is 1.14 bits per heavy atom. The minimum absolute atomic E-state index is 0.130. The molecule has 2 aromatic rings. The number of esters is 1. The van der Waals surface area contributed by atoms with Crippen LogP contribution in [0.3, 0.4) is 0 Å². The van der Waals surface area contributed by atoms with Crippen LogP contribution in [-0.2, 0) is 14.3 Å². The molecule has 3 amide bonds. The second-order valence-electron chi connectivity index (χ2n) is 7.60. The van der Waals surface area contributed by atoms with Crippen molar-refractivity contribution >= 4 is 40.1 Å². The SMILES string of the molecule is COC(=O)C1=C(C)NC(=O)N[C@@H]1c1ccc(OCC(=O)N/N=C\c2cc(Br)cc(OC)c2O)c(OC)c1. The zero-order valence-electron chi connectivity index (χ0n) is 20.4. The van der Waals surface area contributed by atoms with Gasteiger partial charge in [-0.2, -0.15) is 5.10 Å². The molecule has 0 bridgehead atoms. The molecule has 4 N–H and O–H groups in total. The highest BCUT2D eigenvalue weighted by molar-refractivity contribution is 9.10. The Hall–Kier alpha value is -4.26. The zero-order valence-corrected chi connectivity index (χ0v) is 22.0. The molecule has 0 saturated heterocycles. The van der Waals surface area contributed by atoms with Crippen molar-refractivity contribution in [3.8, 4) is 23.0 Å². The largest absolute Gasteiger partial charge is 0.504 e. The third kappa shape index (κ3) is 6.50. The van der Waals surface area contributed by atoms with Crippen LogP contribution in [0.2, 0.25) is 0 Å². The number of hydrogen-bond donors (Lipinski definition) is 4. The number of ether oxygens (including phenoxy) is 4. The Morgan fingerprint density at radius 2 is 1.86 bits per heavy atom. The number of nitrogens with one attached hydrogen (secondary N) is 3. The van der Waals surface area contributed by atoms with E-state index in [1.54, 1.807) is 37.3 Å². The number of rotatable bonds is 9. The van der Waals surface area contributed by atoms with Crippen molar-refractivity contribution in [2.24, 2.45) is 5.10 Å². The molecule has 0 saturated carbocycles. The number of carbonyl (C=O) groups is 3. The molecular formula is C24H25BrN4O8. The number of phenols is 1. The Bertz CT molecular complexity index is 1280. The van der Waals surface area contributed by atoms with Crippen LogP contribution < -0.4 is 30.3 Å². The van der Waals surface area contributed by atoms with Gasteiger partial charge in [-0.25, -0.2) is 15.0 Å². The lowest BCUT2D eigenvalue weighted by atomic mass is 9.95. The maximum absolute atomic E-state index is 12.3. The van der Waals surface area contributed by atoms with Gasteiger partial charge in [-0.3, -0.25) is 4.79 Å². The first-order chi connectivity index (χ1) is 17.7. The number of phenolic OH excluding ortho intramolecular Hbond substituents is 1. The van der Waals surface area contributed by atoms with Crippen molar-refractivity contribution in [3.63, 3.8) is 0 Å². The summed E-state index contributed by atoms with van der Waals surface area (Å²) in [5.74, 6) is -0.526. The van der Waals surface area contributed by atoms with Gasteiger partial charge in [0.05, 0.1) is 39.2 Å². The maximum atomic E-state index is 12.3. The van der Waals surface area contributed by atoms with Gasteiger partial charge >= 0.3 is 12.0 Å². The molecule has 2 aromatic carbocycles. The smallest absolute Gasteiger partial charge is 0.337 e. The number of amides is 3. The molecule has 0 aliphatic carbocycles. The summed E-state index contributed by atoms with van der Waals surface area (Å²) in [5, 5.41) is 19.2. The highest BCUT2D eigenvalue weighted by atomic mass is 79.9. The lowest BCUT2D eigenvalue weighted by Crippen LogP contribution is -2.45. The van der Waals surface area contributed by atoms with E-state index >= 15 is 0 Å². The van der Waals surface area contributed by atoms with E-state index in [0.29, 0.717) is 21.3 Å². The molecule has 1 aliphatic rings. The Morgan fingerprint density at radius 3 is 2.54 bits per heavy atom. The summed E-state index contributed by atoms with van der Waals surface area (Å²) >= 11 is 3.30. The normalized spacial score (nSPS) is 15.1. The molecule has 12 nitrogen and oxygen atoms in total. The van der Waals surface area contributed by atoms with Gasteiger partial charge in [0.25, 0.3) is 5.91 Å². The number of allylic oxidation sites excluding steroid dienone is 1. The summed E-state index contributed by atoms with van der Waals surface area (Å²) in [5.41, 5.74) is 3.78. The number of hydrazone groups is 1. The van der Waals surface area contributed by atoms with Crippen LogP contribution in [0.4, 0.5) is 4.79 Å². The average Bonchev–Trinajstić information content (AvgIpc) is 2.88. The van der Waals surface area contributed by atoms with Crippen LogP contribution in [0.15, 0.2) is 51.2 Å². The van der Waals surface area contributed by atoms with Crippen LogP contribution in [0, 0.1) is 0 Å². The number of benzene rings is 2. The third-order valence-corrected chi connectivity index (χ3v) is 5.69. The number of carbonyl (C=O) groups excluding carboxylic acids is 3. The fraction of sp³-hybridized carbons (Fsp3) is 0.250. The van der Waals surface area contributed by atoms with E-state index in [9.17, 15) is 19.5 Å². The van der Waals surface area contributed by atoms with Gasteiger partial charge in [0.1, 0.15) is 0 Å². The van der Waals surface area contributed by atoms with Crippen molar-refractivity contribution in [2.75, 3.05) is 27.9 Å². The molecule has 0 radical (unpaired) electrons. The van der Waals surface area contributed by atoms with Crippen LogP contribution >= 0.6 is 15.9 Å². The standard InChI is InChI=1S/C24H25BrN4O8/c1-12-20(23(32)36-4)21(28-24(33)27-12)13-5-6-16(17(8-13)34-2)37-11-19(30)29-26-10-14-7-15(25)9-18(35-3)22(14)31/h5-10,21,31H,11H2,1-4H3,(H,29,30)(H2,27,28,33)/b26-10-/t21-/m1/s1. The molecule has 196 valence electrons. The molecule has 1 atom stereocenters. The first kappa shape index (κ1) is 27.3. The topological polar surface area (TPSA) is 157 Å². The second kappa shape index (κ2) is 12.1. The molecule has 0 fully saturated rings. The van der Waals surface area contributed by atoms with E-state index in [-0.39, 0.29) is 28.6 Å². The van der Waals surface area contributed by atoms with E-state index in [1.165, 1.54) is 27.5 Å². The van der Waals surface area contributed by atoms with Crippen LogP contribution in [0.25, 0.3) is 0 Å². The van der Waals surface area contributed by atoms with Crippen molar-refractivity contribution in [1.82, 2.24) is 16.1 Å².